The molecular weight excluding hydrogens is 280 g/mol. The molecule has 0 radical (unpaired) electrons. The van der Waals surface area contributed by atoms with Crippen LogP contribution in [0.3, 0.4) is 0 Å². The highest BCUT2D eigenvalue weighted by Crippen LogP contribution is 2.22. The maximum Gasteiger partial charge on any atom is 0.0524 e. The van der Waals surface area contributed by atoms with Gasteiger partial charge in [0.05, 0.1) is 6.10 Å². The highest BCUT2D eigenvalue weighted by atomic mass is 79.9. The van der Waals surface area contributed by atoms with Crippen molar-refractivity contribution in [3.63, 3.8) is 0 Å². The number of rotatable bonds is 6. The molecule has 2 atom stereocenters. The van der Waals surface area contributed by atoms with Crippen LogP contribution in [0.4, 0.5) is 0 Å². The second-order valence-electron chi connectivity index (χ2n) is 4.42. The molecule has 0 heterocycles. The summed E-state index contributed by atoms with van der Waals surface area (Å²) < 4.78 is 1.07. The third-order valence-electron chi connectivity index (χ3n) is 2.89. The van der Waals surface area contributed by atoms with Gasteiger partial charge in [-0.25, -0.2) is 0 Å². The van der Waals surface area contributed by atoms with E-state index in [9.17, 15) is 5.11 Å². The average molecular weight is 301 g/mol. The molecule has 3 nitrogen and oxygen atoms in total. The first-order valence-corrected chi connectivity index (χ1v) is 6.67. The summed E-state index contributed by atoms with van der Waals surface area (Å²) in [4.78, 5) is 2.19. The third kappa shape index (κ3) is 4.76. The lowest BCUT2D eigenvalue weighted by atomic mass is 10.1. The molecule has 0 aromatic heterocycles. The Labute approximate surface area is 112 Å². The lowest BCUT2D eigenvalue weighted by molar-refractivity contribution is 0.150. The third-order valence-corrected chi connectivity index (χ3v) is 3.38. The molecule has 3 N–H and O–H groups in total. The fourth-order valence-corrected chi connectivity index (χ4v) is 2.25. The number of aliphatic hydroxyl groups is 1. The van der Waals surface area contributed by atoms with Gasteiger partial charge in [-0.1, -0.05) is 28.1 Å². The fraction of sp³-hybridized carbons (Fsp3) is 0.538. The predicted octanol–water partition coefficient (Wildman–Crippen LogP) is 2.15. The number of hydrogen-bond acceptors (Lipinski definition) is 3. The number of nitrogens with two attached hydrogens (primary N) is 1. The minimum absolute atomic E-state index is 0.200. The number of nitrogens with zero attached hydrogens (tertiary/aromatic N) is 1. The Morgan fingerprint density at radius 2 is 2.18 bits per heavy atom. The highest BCUT2D eigenvalue weighted by Gasteiger charge is 2.15. The molecular formula is C13H21BrN2O. The van der Waals surface area contributed by atoms with Crippen molar-refractivity contribution in [2.45, 2.75) is 25.5 Å². The van der Waals surface area contributed by atoms with Crippen molar-refractivity contribution in [2.75, 3.05) is 20.1 Å². The number of halogens is 1. The zero-order chi connectivity index (χ0) is 12.8. The Kier molecular flexibility index (Phi) is 6.12. The zero-order valence-corrected chi connectivity index (χ0v) is 12.0. The lowest BCUT2D eigenvalue weighted by Crippen LogP contribution is -2.32. The van der Waals surface area contributed by atoms with E-state index in [2.05, 4.69) is 33.0 Å². The minimum Gasteiger partial charge on any atom is -0.393 e. The van der Waals surface area contributed by atoms with Crippen LogP contribution in [-0.4, -0.2) is 36.2 Å². The number of aliphatic hydroxyl groups excluding tert-OH is 1. The maximum atomic E-state index is 9.31. The zero-order valence-electron chi connectivity index (χ0n) is 10.4. The summed E-state index contributed by atoms with van der Waals surface area (Å²) in [7, 11) is 2.04. The van der Waals surface area contributed by atoms with Gasteiger partial charge in [-0.2, -0.15) is 0 Å². The van der Waals surface area contributed by atoms with Crippen molar-refractivity contribution in [1.29, 1.82) is 0 Å². The molecule has 0 bridgehead atoms. The van der Waals surface area contributed by atoms with E-state index in [1.807, 2.05) is 26.1 Å². The van der Waals surface area contributed by atoms with Crippen LogP contribution in [0.5, 0.6) is 0 Å². The van der Waals surface area contributed by atoms with Crippen LogP contribution in [0, 0.1) is 0 Å². The van der Waals surface area contributed by atoms with Gasteiger partial charge in [-0.05, 0) is 38.1 Å². The smallest absolute Gasteiger partial charge is 0.0524 e. The molecule has 0 aliphatic rings. The molecule has 17 heavy (non-hydrogen) atoms. The van der Waals surface area contributed by atoms with Gasteiger partial charge in [0.2, 0.25) is 0 Å². The van der Waals surface area contributed by atoms with Crippen LogP contribution in [-0.2, 0) is 0 Å². The SMILES string of the molecule is CC(O)CCN(C)C(CN)c1cccc(Br)c1. The number of likely N-dealkylation sites (N-methyl/N-ethyl adjacent to an activating group) is 1. The van der Waals surface area contributed by atoms with Crippen molar-refractivity contribution in [1.82, 2.24) is 4.90 Å². The summed E-state index contributed by atoms with van der Waals surface area (Å²) >= 11 is 3.47. The molecule has 1 aromatic rings. The Balaban J connectivity index is 2.70. The molecule has 1 aromatic carbocycles. The molecule has 0 saturated carbocycles. The fourth-order valence-electron chi connectivity index (χ4n) is 1.83. The summed E-state index contributed by atoms with van der Waals surface area (Å²) in [6, 6.07) is 8.40. The molecule has 2 unspecified atom stereocenters. The van der Waals surface area contributed by atoms with Gasteiger partial charge in [0.25, 0.3) is 0 Å². The van der Waals surface area contributed by atoms with E-state index in [1.54, 1.807) is 0 Å². The molecule has 0 amide bonds. The average Bonchev–Trinajstić information content (AvgIpc) is 2.27. The van der Waals surface area contributed by atoms with Gasteiger partial charge in [0.1, 0.15) is 0 Å². The van der Waals surface area contributed by atoms with E-state index in [0.29, 0.717) is 6.54 Å². The quantitative estimate of drug-likeness (QED) is 0.846. The van der Waals surface area contributed by atoms with E-state index >= 15 is 0 Å². The van der Waals surface area contributed by atoms with Crippen LogP contribution < -0.4 is 5.73 Å². The summed E-state index contributed by atoms with van der Waals surface area (Å²) in [6.07, 6.45) is 0.499. The van der Waals surface area contributed by atoms with Crippen LogP contribution in [0.15, 0.2) is 28.7 Å². The standard InChI is InChI=1S/C13H21BrN2O/c1-10(17)6-7-16(2)13(9-15)11-4-3-5-12(14)8-11/h3-5,8,10,13,17H,6-7,9,15H2,1-2H3. The van der Waals surface area contributed by atoms with E-state index in [-0.39, 0.29) is 12.1 Å². The van der Waals surface area contributed by atoms with Gasteiger partial charge < -0.3 is 10.8 Å². The van der Waals surface area contributed by atoms with Gasteiger partial charge in [0.15, 0.2) is 0 Å². The van der Waals surface area contributed by atoms with Crippen LogP contribution in [0.2, 0.25) is 0 Å². The first-order chi connectivity index (χ1) is 8.04. The van der Waals surface area contributed by atoms with E-state index < -0.39 is 0 Å². The van der Waals surface area contributed by atoms with Gasteiger partial charge in [-0.3, -0.25) is 4.90 Å². The summed E-state index contributed by atoms with van der Waals surface area (Å²) in [5.41, 5.74) is 7.05. The summed E-state index contributed by atoms with van der Waals surface area (Å²) in [5, 5.41) is 9.31. The first kappa shape index (κ1) is 14.6. The first-order valence-electron chi connectivity index (χ1n) is 5.88. The largest absolute Gasteiger partial charge is 0.393 e. The number of benzene rings is 1. The summed E-state index contributed by atoms with van der Waals surface area (Å²) in [5.74, 6) is 0. The van der Waals surface area contributed by atoms with Crippen LogP contribution in [0.25, 0.3) is 0 Å². The van der Waals surface area contributed by atoms with E-state index in [1.165, 1.54) is 5.56 Å². The number of hydrogen-bond donors (Lipinski definition) is 2. The predicted molar refractivity (Wildman–Crippen MR) is 74.9 cm³/mol. The second kappa shape index (κ2) is 7.11. The Hall–Kier alpha value is -0.420. The van der Waals surface area contributed by atoms with Gasteiger partial charge in [-0.15, -0.1) is 0 Å². The molecule has 0 aliphatic heterocycles. The van der Waals surface area contributed by atoms with Crippen LogP contribution >= 0.6 is 15.9 Å². The van der Waals surface area contributed by atoms with E-state index in [4.69, 9.17) is 5.73 Å². The van der Waals surface area contributed by atoms with Crippen molar-refractivity contribution >= 4 is 15.9 Å². The molecule has 0 spiro atoms. The molecule has 4 heteroatoms. The van der Waals surface area contributed by atoms with E-state index in [0.717, 1.165) is 17.4 Å². The van der Waals surface area contributed by atoms with Gasteiger partial charge >= 0.3 is 0 Å². The van der Waals surface area contributed by atoms with Crippen LogP contribution in [0.1, 0.15) is 24.9 Å². The molecule has 0 aliphatic carbocycles. The molecule has 0 fully saturated rings. The topological polar surface area (TPSA) is 49.5 Å². The molecule has 0 saturated heterocycles. The normalized spacial score (nSPS) is 14.9. The summed E-state index contributed by atoms with van der Waals surface area (Å²) in [6.45, 7) is 3.23. The van der Waals surface area contributed by atoms with Crippen molar-refractivity contribution in [3.05, 3.63) is 34.3 Å². The van der Waals surface area contributed by atoms with Crippen molar-refractivity contribution < 1.29 is 5.11 Å². The minimum atomic E-state index is -0.265. The van der Waals surface area contributed by atoms with Crippen molar-refractivity contribution in [3.8, 4) is 0 Å². The Bertz CT molecular complexity index is 344. The Morgan fingerprint density at radius 1 is 1.47 bits per heavy atom. The highest BCUT2D eigenvalue weighted by molar-refractivity contribution is 9.10. The van der Waals surface area contributed by atoms with Gasteiger partial charge in [0, 0.05) is 23.6 Å². The maximum absolute atomic E-state index is 9.31. The molecule has 1 rings (SSSR count). The Morgan fingerprint density at radius 3 is 2.71 bits per heavy atom. The monoisotopic (exact) mass is 300 g/mol. The lowest BCUT2D eigenvalue weighted by Gasteiger charge is -2.28. The molecule has 96 valence electrons. The second-order valence-corrected chi connectivity index (χ2v) is 5.34. The van der Waals surface area contributed by atoms with Crippen molar-refractivity contribution in [2.24, 2.45) is 5.73 Å².